The van der Waals surface area contributed by atoms with E-state index in [-0.39, 0.29) is 0 Å². The van der Waals surface area contributed by atoms with Crippen LogP contribution in [0.15, 0.2) is 24.4 Å². The summed E-state index contributed by atoms with van der Waals surface area (Å²) in [6, 6.07) is 5.81. The second-order valence-corrected chi connectivity index (χ2v) is 4.57. The first-order valence-electron chi connectivity index (χ1n) is 5.97. The molecule has 0 aliphatic heterocycles. The summed E-state index contributed by atoms with van der Waals surface area (Å²) in [5.74, 6) is -0.887. The largest absolute Gasteiger partial charge is 0.478 e. The van der Waals surface area contributed by atoms with Crippen molar-refractivity contribution in [2.24, 2.45) is 0 Å². The van der Waals surface area contributed by atoms with E-state index in [0.29, 0.717) is 11.6 Å². The maximum atomic E-state index is 11.1. The Labute approximate surface area is 98.9 Å². The number of aromatic nitrogens is 2. The molecule has 0 spiro atoms. The number of rotatable bonds is 2. The number of nitrogens with zero attached hydrogens (tertiary/aromatic N) is 2. The standard InChI is InChI=1S/C13H14N2O2/c16-13(17)10-6-3-7-12-11(10)8-14-15(12)9-4-1-2-5-9/h3,6-9H,1-2,4-5H2,(H,16,17). The van der Waals surface area contributed by atoms with Gasteiger partial charge in [-0.15, -0.1) is 0 Å². The highest BCUT2D eigenvalue weighted by molar-refractivity contribution is 6.02. The first kappa shape index (κ1) is 10.3. The minimum absolute atomic E-state index is 0.340. The number of carboxylic acids is 1. The molecule has 0 atom stereocenters. The SMILES string of the molecule is O=C(O)c1cccc2c1cnn2C1CCCC1. The molecule has 0 bridgehead atoms. The van der Waals surface area contributed by atoms with E-state index >= 15 is 0 Å². The third kappa shape index (κ3) is 1.60. The van der Waals surface area contributed by atoms with Gasteiger partial charge in [-0.3, -0.25) is 4.68 Å². The van der Waals surface area contributed by atoms with Gasteiger partial charge in [-0.2, -0.15) is 5.10 Å². The second kappa shape index (κ2) is 3.87. The van der Waals surface area contributed by atoms with Crippen LogP contribution >= 0.6 is 0 Å². The van der Waals surface area contributed by atoms with Crippen molar-refractivity contribution in [3.05, 3.63) is 30.0 Å². The third-order valence-corrected chi connectivity index (χ3v) is 3.54. The van der Waals surface area contributed by atoms with Gasteiger partial charge in [-0.05, 0) is 25.0 Å². The summed E-state index contributed by atoms with van der Waals surface area (Å²) in [5, 5.41) is 14.2. The molecule has 0 saturated heterocycles. The number of hydrogen-bond acceptors (Lipinski definition) is 2. The zero-order valence-corrected chi connectivity index (χ0v) is 9.47. The summed E-state index contributed by atoms with van der Waals surface area (Å²) in [6.45, 7) is 0. The molecule has 1 aliphatic rings. The molecule has 0 amide bonds. The van der Waals surface area contributed by atoms with Crippen molar-refractivity contribution in [2.45, 2.75) is 31.7 Å². The van der Waals surface area contributed by atoms with Crippen molar-refractivity contribution in [2.75, 3.05) is 0 Å². The van der Waals surface area contributed by atoms with Crippen molar-refractivity contribution >= 4 is 16.9 Å². The Morgan fingerprint density at radius 1 is 1.35 bits per heavy atom. The average molecular weight is 230 g/mol. The minimum Gasteiger partial charge on any atom is -0.478 e. The molecule has 2 aromatic rings. The van der Waals surface area contributed by atoms with Crippen molar-refractivity contribution in [1.29, 1.82) is 0 Å². The molecule has 1 fully saturated rings. The molecule has 88 valence electrons. The quantitative estimate of drug-likeness (QED) is 0.863. The average Bonchev–Trinajstić information content (AvgIpc) is 2.96. The van der Waals surface area contributed by atoms with E-state index in [1.165, 1.54) is 12.8 Å². The summed E-state index contributed by atoms with van der Waals surface area (Å²) >= 11 is 0. The van der Waals surface area contributed by atoms with Gasteiger partial charge in [0.1, 0.15) is 0 Å². The van der Waals surface area contributed by atoms with E-state index in [0.717, 1.165) is 23.7 Å². The van der Waals surface area contributed by atoms with Gasteiger partial charge in [0.05, 0.1) is 23.3 Å². The molecule has 1 N–H and O–H groups in total. The van der Waals surface area contributed by atoms with Crippen LogP contribution < -0.4 is 0 Å². The first-order chi connectivity index (χ1) is 8.27. The maximum Gasteiger partial charge on any atom is 0.336 e. The van der Waals surface area contributed by atoms with Crippen LogP contribution in [0.1, 0.15) is 42.1 Å². The highest BCUT2D eigenvalue weighted by atomic mass is 16.4. The lowest BCUT2D eigenvalue weighted by Gasteiger charge is -2.11. The Kier molecular flexibility index (Phi) is 2.35. The van der Waals surface area contributed by atoms with Crippen LogP contribution in [0, 0.1) is 0 Å². The molecule has 4 nitrogen and oxygen atoms in total. The molecule has 1 aromatic carbocycles. The number of fused-ring (bicyclic) bond motifs is 1. The summed E-state index contributed by atoms with van der Waals surface area (Å²) in [4.78, 5) is 11.1. The molecule has 0 unspecified atom stereocenters. The molecule has 1 aromatic heterocycles. The van der Waals surface area contributed by atoms with Crippen molar-refractivity contribution in [3.8, 4) is 0 Å². The molecule has 1 aliphatic carbocycles. The number of benzene rings is 1. The fourth-order valence-electron chi connectivity index (χ4n) is 2.70. The minimum atomic E-state index is -0.887. The molecule has 17 heavy (non-hydrogen) atoms. The lowest BCUT2D eigenvalue weighted by atomic mass is 10.1. The van der Waals surface area contributed by atoms with Crippen LogP contribution in [0.4, 0.5) is 0 Å². The van der Waals surface area contributed by atoms with Gasteiger partial charge in [-0.1, -0.05) is 18.9 Å². The van der Waals surface area contributed by atoms with Crippen molar-refractivity contribution < 1.29 is 9.90 Å². The van der Waals surface area contributed by atoms with Gasteiger partial charge in [-0.25, -0.2) is 4.79 Å². The van der Waals surface area contributed by atoms with Gasteiger partial charge in [0.15, 0.2) is 0 Å². The third-order valence-electron chi connectivity index (χ3n) is 3.54. The topological polar surface area (TPSA) is 55.1 Å². The van der Waals surface area contributed by atoms with Gasteiger partial charge in [0, 0.05) is 5.39 Å². The van der Waals surface area contributed by atoms with E-state index in [9.17, 15) is 4.79 Å². The Hall–Kier alpha value is -1.84. The molecule has 0 radical (unpaired) electrons. The Bertz CT molecular complexity index is 568. The zero-order chi connectivity index (χ0) is 11.8. The van der Waals surface area contributed by atoms with Crippen molar-refractivity contribution in [3.63, 3.8) is 0 Å². The maximum absolute atomic E-state index is 11.1. The van der Waals surface area contributed by atoms with Crippen LogP contribution in [0.3, 0.4) is 0 Å². The van der Waals surface area contributed by atoms with E-state index in [1.807, 2.05) is 10.7 Å². The Morgan fingerprint density at radius 3 is 2.82 bits per heavy atom. The summed E-state index contributed by atoms with van der Waals surface area (Å²) in [7, 11) is 0. The van der Waals surface area contributed by atoms with Gasteiger partial charge < -0.3 is 5.11 Å². The smallest absolute Gasteiger partial charge is 0.336 e. The van der Waals surface area contributed by atoms with Gasteiger partial charge >= 0.3 is 5.97 Å². The lowest BCUT2D eigenvalue weighted by molar-refractivity contribution is 0.0699. The molecule has 3 rings (SSSR count). The number of carboxylic acid groups (broad SMARTS) is 1. The van der Waals surface area contributed by atoms with Gasteiger partial charge in [0.25, 0.3) is 0 Å². The number of carbonyl (C=O) groups is 1. The summed E-state index contributed by atoms with van der Waals surface area (Å²) in [5.41, 5.74) is 1.28. The number of hydrogen-bond donors (Lipinski definition) is 1. The molecule has 1 heterocycles. The van der Waals surface area contributed by atoms with E-state index in [1.54, 1.807) is 18.3 Å². The number of aromatic carboxylic acids is 1. The normalized spacial score (nSPS) is 16.7. The van der Waals surface area contributed by atoms with E-state index in [4.69, 9.17) is 5.11 Å². The predicted octanol–water partition coefficient (Wildman–Crippen LogP) is 2.85. The van der Waals surface area contributed by atoms with Gasteiger partial charge in [0.2, 0.25) is 0 Å². The monoisotopic (exact) mass is 230 g/mol. The fraction of sp³-hybridized carbons (Fsp3) is 0.385. The summed E-state index contributed by atoms with van der Waals surface area (Å²) < 4.78 is 1.99. The highest BCUT2D eigenvalue weighted by Gasteiger charge is 2.20. The van der Waals surface area contributed by atoms with Crippen molar-refractivity contribution in [1.82, 2.24) is 9.78 Å². The second-order valence-electron chi connectivity index (χ2n) is 4.57. The fourth-order valence-corrected chi connectivity index (χ4v) is 2.70. The zero-order valence-electron chi connectivity index (χ0n) is 9.47. The predicted molar refractivity (Wildman–Crippen MR) is 64.2 cm³/mol. The van der Waals surface area contributed by atoms with Crippen LogP contribution in [0.2, 0.25) is 0 Å². The Morgan fingerprint density at radius 2 is 2.12 bits per heavy atom. The molecule has 4 heteroatoms. The lowest BCUT2D eigenvalue weighted by Crippen LogP contribution is -2.06. The molecular weight excluding hydrogens is 216 g/mol. The first-order valence-corrected chi connectivity index (χ1v) is 5.97. The summed E-state index contributed by atoms with van der Waals surface area (Å²) in [6.07, 6.45) is 6.45. The van der Waals surface area contributed by atoms with E-state index in [2.05, 4.69) is 5.10 Å². The van der Waals surface area contributed by atoms with E-state index < -0.39 is 5.97 Å². The van der Waals surface area contributed by atoms with Crippen LogP contribution in [-0.4, -0.2) is 20.9 Å². The van der Waals surface area contributed by atoms with Crippen LogP contribution in [0.25, 0.3) is 10.9 Å². The molecule has 1 saturated carbocycles. The van der Waals surface area contributed by atoms with Crippen LogP contribution in [0.5, 0.6) is 0 Å². The highest BCUT2D eigenvalue weighted by Crippen LogP contribution is 2.32. The molecular formula is C13H14N2O2. The van der Waals surface area contributed by atoms with Crippen LogP contribution in [-0.2, 0) is 0 Å². The Balaban J connectivity index is 2.15.